The second-order valence-corrected chi connectivity index (χ2v) is 6.76. The van der Waals surface area contributed by atoms with Gasteiger partial charge in [-0.3, -0.25) is 4.90 Å². The largest absolute Gasteiger partial charge is 0.375 e. The van der Waals surface area contributed by atoms with Crippen molar-refractivity contribution in [3.05, 3.63) is 35.2 Å². The molecule has 1 aromatic carbocycles. The average Bonchev–Trinajstić information content (AvgIpc) is 2.83. The van der Waals surface area contributed by atoms with Crippen molar-refractivity contribution in [2.75, 3.05) is 18.8 Å². The summed E-state index contributed by atoms with van der Waals surface area (Å²) in [6.45, 7) is 5.70. The van der Waals surface area contributed by atoms with Crippen molar-refractivity contribution in [3.63, 3.8) is 0 Å². The van der Waals surface area contributed by atoms with Crippen molar-refractivity contribution < 1.29 is 0 Å². The Bertz CT molecular complexity index is 556. The summed E-state index contributed by atoms with van der Waals surface area (Å²) in [7, 11) is 0. The summed E-state index contributed by atoms with van der Waals surface area (Å²) in [5, 5.41) is 0.671. The number of aromatic nitrogens is 1. The summed E-state index contributed by atoms with van der Waals surface area (Å²) in [6.07, 6.45) is 2.60. The number of hydrogen-bond acceptors (Lipinski definition) is 4. The zero-order valence-electron chi connectivity index (χ0n) is 11.9. The monoisotopic (exact) mass is 287 g/mol. The van der Waals surface area contributed by atoms with Gasteiger partial charge in [-0.2, -0.15) is 0 Å². The predicted octanol–water partition coefficient (Wildman–Crippen LogP) is 3.62. The highest BCUT2D eigenvalue weighted by Crippen LogP contribution is 2.31. The molecule has 1 saturated heterocycles. The molecule has 0 bridgehead atoms. The van der Waals surface area contributed by atoms with Crippen molar-refractivity contribution in [3.8, 4) is 11.3 Å². The van der Waals surface area contributed by atoms with E-state index in [1.54, 1.807) is 11.3 Å². The van der Waals surface area contributed by atoms with Crippen LogP contribution < -0.4 is 5.73 Å². The molecule has 2 N–H and O–H groups in total. The summed E-state index contributed by atoms with van der Waals surface area (Å²) in [5.41, 5.74) is 8.16. The van der Waals surface area contributed by atoms with E-state index in [1.165, 1.54) is 36.4 Å². The minimum Gasteiger partial charge on any atom is -0.375 e. The van der Waals surface area contributed by atoms with Crippen molar-refractivity contribution in [2.45, 2.75) is 26.3 Å². The zero-order valence-corrected chi connectivity index (χ0v) is 12.7. The molecule has 1 aromatic heterocycles. The number of nitrogen functional groups attached to an aromatic ring is 1. The fourth-order valence-corrected chi connectivity index (χ4v) is 3.62. The molecule has 0 atom stereocenters. The highest BCUT2D eigenvalue weighted by molar-refractivity contribution is 7.15. The summed E-state index contributed by atoms with van der Waals surface area (Å²) in [6, 6.07) is 10.4. The quantitative estimate of drug-likeness (QED) is 0.937. The third-order valence-electron chi connectivity index (χ3n) is 4.00. The fourth-order valence-electron chi connectivity index (χ4n) is 2.72. The van der Waals surface area contributed by atoms with Crippen LogP contribution in [0.3, 0.4) is 0 Å². The molecule has 2 heterocycles. The van der Waals surface area contributed by atoms with Crippen LogP contribution in [0.5, 0.6) is 0 Å². The molecule has 0 amide bonds. The van der Waals surface area contributed by atoms with E-state index in [4.69, 9.17) is 5.73 Å². The van der Waals surface area contributed by atoms with Gasteiger partial charge in [0.15, 0.2) is 5.13 Å². The van der Waals surface area contributed by atoms with E-state index in [0.717, 1.165) is 18.2 Å². The van der Waals surface area contributed by atoms with Crippen LogP contribution in [0.1, 0.15) is 24.6 Å². The van der Waals surface area contributed by atoms with E-state index in [9.17, 15) is 0 Å². The van der Waals surface area contributed by atoms with Crippen LogP contribution in [0.2, 0.25) is 0 Å². The molecule has 2 aromatic rings. The summed E-state index contributed by atoms with van der Waals surface area (Å²) in [4.78, 5) is 8.35. The minimum absolute atomic E-state index is 0.671. The highest BCUT2D eigenvalue weighted by atomic mass is 32.1. The number of hydrogen-bond donors (Lipinski definition) is 1. The molecular weight excluding hydrogens is 266 g/mol. The van der Waals surface area contributed by atoms with Crippen LogP contribution in [0.4, 0.5) is 5.13 Å². The first-order chi connectivity index (χ1) is 9.72. The Morgan fingerprint density at radius 2 is 1.95 bits per heavy atom. The number of nitrogens with two attached hydrogens (primary N) is 1. The number of piperidine rings is 1. The third kappa shape index (κ3) is 3.02. The maximum absolute atomic E-state index is 5.93. The normalized spacial score (nSPS) is 17.4. The first-order valence-electron chi connectivity index (χ1n) is 7.25. The van der Waals surface area contributed by atoms with E-state index in [2.05, 4.69) is 41.1 Å². The van der Waals surface area contributed by atoms with Crippen molar-refractivity contribution >= 4 is 16.5 Å². The molecule has 0 aliphatic carbocycles. The van der Waals surface area contributed by atoms with Crippen molar-refractivity contribution in [1.82, 2.24) is 9.88 Å². The van der Waals surface area contributed by atoms with Gasteiger partial charge in [-0.25, -0.2) is 4.98 Å². The van der Waals surface area contributed by atoms with Gasteiger partial charge in [-0.1, -0.05) is 37.3 Å². The molecule has 106 valence electrons. The van der Waals surface area contributed by atoms with Gasteiger partial charge in [0.25, 0.3) is 0 Å². The molecule has 0 radical (unpaired) electrons. The molecule has 1 aliphatic heterocycles. The highest BCUT2D eigenvalue weighted by Gasteiger charge is 2.19. The summed E-state index contributed by atoms with van der Waals surface area (Å²) >= 11 is 1.63. The fraction of sp³-hybridized carbons (Fsp3) is 0.438. The molecular formula is C16H21N3S. The Labute approximate surface area is 124 Å². The maximum atomic E-state index is 5.93. The standard InChI is InChI=1S/C16H21N3S/c1-12-7-9-19(10-8-12)11-14-15(18-16(17)20-14)13-5-3-2-4-6-13/h2-6,12H,7-11H2,1H3,(H2,17,18). The maximum Gasteiger partial charge on any atom is 0.180 e. The van der Waals surface area contributed by atoms with Crippen LogP contribution in [0.25, 0.3) is 11.3 Å². The van der Waals surface area contributed by atoms with Crippen LogP contribution in [0, 0.1) is 5.92 Å². The number of likely N-dealkylation sites (tertiary alicyclic amines) is 1. The van der Waals surface area contributed by atoms with Crippen LogP contribution >= 0.6 is 11.3 Å². The predicted molar refractivity (Wildman–Crippen MR) is 85.6 cm³/mol. The number of anilines is 1. The molecule has 0 saturated carbocycles. The van der Waals surface area contributed by atoms with E-state index in [1.807, 2.05) is 6.07 Å². The van der Waals surface area contributed by atoms with Crippen molar-refractivity contribution in [1.29, 1.82) is 0 Å². The van der Waals surface area contributed by atoms with Gasteiger partial charge in [0.05, 0.1) is 5.69 Å². The number of nitrogens with zero attached hydrogens (tertiary/aromatic N) is 2. The lowest BCUT2D eigenvalue weighted by atomic mass is 9.99. The SMILES string of the molecule is CC1CCN(Cc2sc(N)nc2-c2ccccc2)CC1. The first kappa shape index (κ1) is 13.6. The Kier molecular flexibility index (Phi) is 4.03. The van der Waals surface area contributed by atoms with Gasteiger partial charge < -0.3 is 5.73 Å². The lowest BCUT2D eigenvalue weighted by molar-refractivity contribution is 0.187. The van der Waals surface area contributed by atoms with E-state index in [0.29, 0.717) is 5.13 Å². The Morgan fingerprint density at radius 1 is 1.25 bits per heavy atom. The molecule has 0 unspecified atom stereocenters. The Balaban J connectivity index is 1.80. The van der Waals surface area contributed by atoms with E-state index in [-0.39, 0.29) is 0 Å². The van der Waals surface area contributed by atoms with Gasteiger partial charge in [0, 0.05) is 17.0 Å². The summed E-state index contributed by atoms with van der Waals surface area (Å²) < 4.78 is 0. The molecule has 1 aliphatic rings. The smallest absolute Gasteiger partial charge is 0.180 e. The van der Waals surface area contributed by atoms with Crippen LogP contribution in [-0.4, -0.2) is 23.0 Å². The van der Waals surface area contributed by atoms with Gasteiger partial charge in [-0.05, 0) is 31.8 Å². The number of rotatable bonds is 3. The van der Waals surface area contributed by atoms with E-state index >= 15 is 0 Å². The van der Waals surface area contributed by atoms with Gasteiger partial charge in [0.1, 0.15) is 0 Å². The minimum atomic E-state index is 0.671. The molecule has 3 rings (SSSR count). The zero-order chi connectivity index (χ0) is 13.9. The van der Waals surface area contributed by atoms with E-state index < -0.39 is 0 Å². The second kappa shape index (κ2) is 5.94. The molecule has 3 nitrogen and oxygen atoms in total. The summed E-state index contributed by atoms with van der Waals surface area (Å²) in [5.74, 6) is 0.867. The molecule has 0 spiro atoms. The lowest BCUT2D eigenvalue weighted by Gasteiger charge is -2.29. The van der Waals surface area contributed by atoms with Crippen LogP contribution in [0.15, 0.2) is 30.3 Å². The average molecular weight is 287 g/mol. The van der Waals surface area contributed by atoms with Gasteiger partial charge in [0.2, 0.25) is 0 Å². The molecule has 4 heteroatoms. The Morgan fingerprint density at radius 3 is 2.65 bits per heavy atom. The third-order valence-corrected chi connectivity index (χ3v) is 4.87. The van der Waals surface area contributed by atoms with Gasteiger partial charge in [-0.15, -0.1) is 11.3 Å². The molecule has 20 heavy (non-hydrogen) atoms. The first-order valence-corrected chi connectivity index (χ1v) is 8.07. The molecule has 1 fully saturated rings. The lowest BCUT2D eigenvalue weighted by Crippen LogP contribution is -2.32. The van der Waals surface area contributed by atoms with Crippen LogP contribution in [-0.2, 0) is 6.54 Å². The Hall–Kier alpha value is -1.39. The number of benzene rings is 1. The number of thiazole rings is 1. The van der Waals surface area contributed by atoms with Crippen molar-refractivity contribution in [2.24, 2.45) is 5.92 Å². The second-order valence-electron chi connectivity index (χ2n) is 5.65. The van der Waals surface area contributed by atoms with Gasteiger partial charge >= 0.3 is 0 Å². The topological polar surface area (TPSA) is 42.1 Å².